The maximum atomic E-state index is 12.1. The Morgan fingerprint density at radius 2 is 1.78 bits per heavy atom. The lowest BCUT2D eigenvalue weighted by atomic mass is 10.0. The van der Waals surface area contributed by atoms with Crippen LogP contribution in [0.1, 0.15) is 19.3 Å². The van der Waals surface area contributed by atoms with Gasteiger partial charge in [-0.2, -0.15) is 0 Å². The van der Waals surface area contributed by atoms with Gasteiger partial charge in [0.25, 0.3) is 0 Å². The Bertz CT molecular complexity index is 1120. The second-order valence-corrected chi connectivity index (χ2v) is 10.4. The highest BCUT2D eigenvalue weighted by atomic mass is 35.5. The first-order chi connectivity index (χ1) is 18.0. The second-order valence-electron chi connectivity index (χ2n) is 9.99. The predicted octanol–water partition coefficient (Wildman–Crippen LogP) is 4.60. The van der Waals surface area contributed by atoms with Crippen molar-refractivity contribution in [3.63, 3.8) is 0 Å². The molecule has 1 N–H and O–H groups in total. The molecule has 0 bridgehead atoms. The molecule has 0 radical (unpaired) electrons. The van der Waals surface area contributed by atoms with Gasteiger partial charge in [-0.3, -0.25) is 9.69 Å². The van der Waals surface area contributed by atoms with Gasteiger partial charge < -0.3 is 24.3 Å². The number of hydrogen-bond donors (Lipinski definition) is 1. The average Bonchev–Trinajstić information content (AvgIpc) is 3.30. The van der Waals surface area contributed by atoms with Crippen molar-refractivity contribution in [3.8, 4) is 16.9 Å². The molecular formula is C29H39ClN4O3. The van der Waals surface area contributed by atoms with E-state index in [1.807, 2.05) is 50.5 Å². The summed E-state index contributed by atoms with van der Waals surface area (Å²) >= 11 is 6.01. The van der Waals surface area contributed by atoms with Crippen molar-refractivity contribution < 1.29 is 13.9 Å². The smallest absolute Gasteiger partial charge is 0.234 e. The summed E-state index contributed by atoms with van der Waals surface area (Å²) in [6.07, 6.45) is 5.12. The van der Waals surface area contributed by atoms with Crippen LogP contribution in [0.3, 0.4) is 0 Å². The lowest BCUT2D eigenvalue weighted by Gasteiger charge is -2.34. The first kappa shape index (κ1) is 27.5. The Morgan fingerprint density at radius 1 is 1.03 bits per heavy atom. The summed E-state index contributed by atoms with van der Waals surface area (Å²) in [6.45, 7) is 7.87. The van der Waals surface area contributed by atoms with Crippen molar-refractivity contribution in [2.75, 3.05) is 73.1 Å². The number of piperazine rings is 1. The number of likely N-dealkylation sites (N-methyl/N-ethyl adjacent to an activating group) is 1. The van der Waals surface area contributed by atoms with Gasteiger partial charge in [-0.05, 0) is 69.7 Å². The Kier molecular flexibility index (Phi) is 10.3. The monoisotopic (exact) mass is 526 g/mol. The van der Waals surface area contributed by atoms with Gasteiger partial charge in [0.1, 0.15) is 11.3 Å². The van der Waals surface area contributed by atoms with Crippen LogP contribution in [0.2, 0.25) is 5.02 Å². The predicted molar refractivity (Wildman–Crippen MR) is 150 cm³/mol. The molecule has 1 saturated heterocycles. The van der Waals surface area contributed by atoms with E-state index in [-0.39, 0.29) is 5.91 Å². The van der Waals surface area contributed by atoms with Crippen molar-refractivity contribution in [3.05, 3.63) is 53.8 Å². The number of carbonyl (C=O) groups is 1. The van der Waals surface area contributed by atoms with Gasteiger partial charge in [0.15, 0.2) is 0 Å². The summed E-state index contributed by atoms with van der Waals surface area (Å²) in [4.78, 5) is 18.9. The van der Waals surface area contributed by atoms with Crippen LogP contribution < -0.4 is 10.1 Å². The van der Waals surface area contributed by atoms with E-state index in [0.29, 0.717) is 19.7 Å². The highest BCUT2D eigenvalue weighted by Crippen LogP contribution is 2.33. The number of halogens is 1. The molecule has 4 rings (SSSR count). The minimum Gasteiger partial charge on any atom is -0.493 e. The molecule has 8 heteroatoms. The normalized spacial score (nSPS) is 14.9. The zero-order chi connectivity index (χ0) is 26.0. The molecule has 1 aliphatic rings. The highest BCUT2D eigenvalue weighted by Gasteiger charge is 2.18. The number of benzene rings is 2. The fraction of sp³-hybridized carbons (Fsp3) is 0.483. The summed E-state index contributed by atoms with van der Waals surface area (Å²) in [5.41, 5.74) is 2.97. The van der Waals surface area contributed by atoms with Crippen LogP contribution >= 0.6 is 11.6 Å². The van der Waals surface area contributed by atoms with Crippen molar-refractivity contribution >= 4 is 28.5 Å². The van der Waals surface area contributed by atoms with Gasteiger partial charge in [0, 0.05) is 61.3 Å². The summed E-state index contributed by atoms with van der Waals surface area (Å²) in [7, 11) is 4.03. The SMILES string of the molecule is CN(C)CCNC(=O)CN1CCN(CCCCCOc2ccc3c(-c4ccc(Cl)cc4)coc3c2)CC1. The molecule has 0 atom stereocenters. The molecule has 0 spiro atoms. The molecule has 0 aliphatic carbocycles. The maximum absolute atomic E-state index is 12.1. The van der Waals surface area contributed by atoms with Crippen LogP contribution in [-0.2, 0) is 4.79 Å². The topological polar surface area (TPSA) is 61.2 Å². The third-order valence-corrected chi connectivity index (χ3v) is 7.05. The van der Waals surface area contributed by atoms with Crippen LogP contribution in [0.5, 0.6) is 5.75 Å². The first-order valence-corrected chi connectivity index (χ1v) is 13.6. The highest BCUT2D eigenvalue weighted by molar-refractivity contribution is 6.30. The summed E-state index contributed by atoms with van der Waals surface area (Å²) in [5, 5.41) is 4.79. The standard InChI is InChI=1S/C29H39ClN4O3/c1-32(2)14-12-31-29(35)21-34-17-15-33(16-18-34)13-4-3-5-19-36-25-10-11-26-27(22-37-28(26)20-25)23-6-8-24(30)9-7-23/h6-11,20,22H,3-5,12-19,21H2,1-2H3,(H,31,35). The molecule has 37 heavy (non-hydrogen) atoms. The van der Waals surface area contributed by atoms with E-state index < -0.39 is 0 Å². The van der Waals surface area contributed by atoms with Gasteiger partial charge in [0.2, 0.25) is 5.91 Å². The Balaban J connectivity index is 1.09. The molecule has 3 aromatic rings. The van der Waals surface area contributed by atoms with Gasteiger partial charge in [-0.1, -0.05) is 23.7 Å². The molecular weight excluding hydrogens is 488 g/mol. The number of nitrogens with one attached hydrogen (secondary N) is 1. The fourth-order valence-corrected chi connectivity index (χ4v) is 4.73. The van der Waals surface area contributed by atoms with E-state index >= 15 is 0 Å². The van der Waals surface area contributed by atoms with E-state index in [0.717, 1.165) is 91.4 Å². The van der Waals surface area contributed by atoms with E-state index in [1.54, 1.807) is 6.26 Å². The Labute approximate surface area is 225 Å². The van der Waals surface area contributed by atoms with E-state index in [1.165, 1.54) is 0 Å². The minimum absolute atomic E-state index is 0.128. The van der Waals surface area contributed by atoms with Crippen LogP contribution in [0.4, 0.5) is 0 Å². The zero-order valence-electron chi connectivity index (χ0n) is 22.0. The van der Waals surface area contributed by atoms with Gasteiger partial charge in [-0.25, -0.2) is 0 Å². The third kappa shape index (κ3) is 8.47. The number of carbonyl (C=O) groups excluding carboxylic acids is 1. The second kappa shape index (κ2) is 13.8. The maximum Gasteiger partial charge on any atom is 0.234 e. The molecule has 7 nitrogen and oxygen atoms in total. The van der Waals surface area contributed by atoms with E-state index in [9.17, 15) is 4.79 Å². The lowest BCUT2D eigenvalue weighted by Crippen LogP contribution is -2.49. The van der Waals surface area contributed by atoms with Crippen molar-refractivity contribution in [2.24, 2.45) is 0 Å². The molecule has 0 unspecified atom stereocenters. The molecule has 1 fully saturated rings. The van der Waals surface area contributed by atoms with Gasteiger partial charge >= 0.3 is 0 Å². The van der Waals surface area contributed by atoms with Gasteiger partial charge in [0.05, 0.1) is 19.4 Å². The third-order valence-electron chi connectivity index (χ3n) is 6.80. The number of rotatable bonds is 13. The lowest BCUT2D eigenvalue weighted by molar-refractivity contribution is -0.122. The Hall–Kier alpha value is -2.58. The van der Waals surface area contributed by atoms with E-state index in [2.05, 4.69) is 26.1 Å². The van der Waals surface area contributed by atoms with Crippen molar-refractivity contribution in [2.45, 2.75) is 19.3 Å². The Morgan fingerprint density at radius 3 is 2.54 bits per heavy atom. The van der Waals surface area contributed by atoms with Crippen LogP contribution in [-0.4, -0.2) is 93.7 Å². The molecule has 2 aromatic carbocycles. The minimum atomic E-state index is 0.128. The van der Waals surface area contributed by atoms with Crippen molar-refractivity contribution in [1.82, 2.24) is 20.0 Å². The van der Waals surface area contributed by atoms with Crippen LogP contribution in [0.25, 0.3) is 22.1 Å². The number of unbranched alkanes of at least 4 members (excludes halogenated alkanes) is 2. The number of nitrogens with zero attached hydrogens (tertiary/aromatic N) is 3. The quantitative estimate of drug-likeness (QED) is 0.328. The average molecular weight is 527 g/mol. The molecule has 0 saturated carbocycles. The number of furan rings is 1. The molecule has 2 heterocycles. The molecule has 1 amide bonds. The van der Waals surface area contributed by atoms with Gasteiger partial charge in [-0.15, -0.1) is 0 Å². The fourth-order valence-electron chi connectivity index (χ4n) is 4.60. The number of fused-ring (bicyclic) bond motifs is 1. The molecule has 1 aliphatic heterocycles. The van der Waals surface area contributed by atoms with Crippen LogP contribution in [0.15, 0.2) is 53.1 Å². The van der Waals surface area contributed by atoms with E-state index in [4.69, 9.17) is 20.8 Å². The number of amides is 1. The van der Waals surface area contributed by atoms with Crippen molar-refractivity contribution in [1.29, 1.82) is 0 Å². The largest absolute Gasteiger partial charge is 0.493 e. The molecule has 1 aromatic heterocycles. The summed E-state index contributed by atoms with van der Waals surface area (Å²) in [5.74, 6) is 0.967. The number of ether oxygens (including phenoxy) is 1. The zero-order valence-corrected chi connectivity index (χ0v) is 22.8. The van der Waals surface area contributed by atoms with Crippen LogP contribution in [0, 0.1) is 0 Å². The number of hydrogen-bond acceptors (Lipinski definition) is 6. The molecule has 200 valence electrons. The summed E-state index contributed by atoms with van der Waals surface area (Å²) in [6, 6.07) is 13.8. The summed E-state index contributed by atoms with van der Waals surface area (Å²) < 4.78 is 11.8. The first-order valence-electron chi connectivity index (χ1n) is 13.2.